The van der Waals surface area contributed by atoms with Crippen LogP contribution >= 0.6 is 27.5 Å². The van der Waals surface area contributed by atoms with E-state index in [0.29, 0.717) is 15.1 Å². The number of benzene rings is 3. The molecule has 1 unspecified atom stereocenters. The van der Waals surface area contributed by atoms with Gasteiger partial charge in [-0.2, -0.15) is 0 Å². The molecule has 5 rings (SSSR count). The highest BCUT2D eigenvalue weighted by molar-refractivity contribution is 9.10. The number of ether oxygens (including phenoxy) is 1. The summed E-state index contributed by atoms with van der Waals surface area (Å²) in [5.41, 5.74) is 4.94. The Morgan fingerprint density at radius 1 is 1.03 bits per heavy atom. The van der Waals surface area contributed by atoms with E-state index in [1.807, 2.05) is 24.3 Å². The van der Waals surface area contributed by atoms with Crippen LogP contribution in [0.25, 0.3) is 11.1 Å². The van der Waals surface area contributed by atoms with E-state index in [1.54, 1.807) is 18.2 Å². The number of carboxylic acid groups (broad SMARTS) is 1. The number of fused-ring (bicyclic) bond motifs is 3. The number of hydrogen-bond donors (Lipinski definition) is 1. The van der Waals surface area contributed by atoms with Crippen LogP contribution in [0.15, 0.2) is 71.2 Å². The second kappa shape index (κ2) is 8.84. The molecule has 1 fully saturated rings. The van der Waals surface area contributed by atoms with Crippen molar-refractivity contribution in [2.75, 3.05) is 6.61 Å². The zero-order valence-corrected chi connectivity index (χ0v) is 19.9. The maximum Gasteiger partial charge on any atom is 0.411 e. The molecule has 0 aromatic heterocycles. The number of rotatable bonds is 6. The second-order valence-corrected chi connectivity index (χ2v) is 9.62. The summed E-state index contributed by atoms with van der Waals surface area (Å²) < 4.78 is 6.45. The Kier molecular flexibility index (Phi) is 5.89. The lowest BCUT2D eigenvalue weighted by atomic mass is 9.98. The van der Waals surface area contributed by atoms with E-state index >= 15 is 0 Å². The molecule has 0 heterocycles. The van der Waals surface area contributed by atoms with Gasteiger partial charge in [0.2, 0.25) is 0 Å². The average Bonchev–Trinajstić information content (AvgIpc) is 3.60. The zero-order chi connectivity index (χ0) is 23.1. The number of nitrogens with zero attached hydrogens (tertiary/aromatic N) is 1. The minimum Gasteiger partial charge on any atom is -0.479 e. The number of carbonyl (C=O) groups is 2. The fraction of sp³-hybridized carbons (Fsp3) is 0.231. The molecule has 0 saturated heterocycles. The Balaban J connectivity index is 1.41. The lowest BCUT2D eigenvalue weighted by Crippen LogP contribution is -2.41. The fourth-order valence-electron chi connectivity index (χ4n) is 4.59. The summed E-state index contributed by atoms with van der Waals surface area (Å²) in [6, 6.07) is 19.8. The molecule has 1 amide bonds. The Morgan fingerprint density at radius 3 is 2.18 bits per heavy atom. The third-order valence-electron chi connectivity index (χ3n) is 6.26. The van der Waals surface area contributed by atoms with Crippen LogP contribution < -0.4 is 0 Å². The maximum atomic E-state index is 13.3. The molecule has 5 nitrogen and oxygen atoms in total. The molecule has 2 aliphatic rings. The van der Waals surface area contributed by atoms with Gasteiger partial charge in [-0.1, -0.05) is 66.2 Å². The van der Waals surface area contributed by atoms with E-state index in [4.69, 9.17) is 16.3 Å². The largest absolute Gasteiger partial charge is 0.479 e. The highest BCUT2D eigenvalue weighted by atomic mass is 79.9. The van der Waals surface area contributed by atoms with Gasteiger partial charge in [0.25, 0.3) is 0 Å². The van der Waals surface area contributed by atoms with Crippen LogP contribution in [0, 0.1) is 0 Å². The van der Waals surface area contributed by atoms with E-state index in [2.05, 4.69) is 40.2 Å². The summed E-state index contributed by atoms with van der Waals surface area (Å²) in [6.45, 7) is 0.142. The number of carboxylic acids is 1. The van der Waals surface area contributed by atoms with E-state index in [9.17, 15) is 14.7 Å². The Bertz CT molecular complexity index is 1200. The standard InChI is InChI=1S/C26H21BrClNO4/c27-22-12-9-15(13-23(22)28)24(25(30)31)29(16-10-11-16)26(32)33-14-21-19-7-3-1-5-17(19)18-6-2-4-8-20(18)21/h1-9,12-13,16,21,24H,10-11,14H2,(H,30,31). The highest BCUT2D eigenvalue weighted by Gasteiger charge is 2.43. The van der Waals surface area contributed by atoms with Crippen molar-refractivity contribution in [2.45, 2.75) is 30.8 Å². The van der Waals surface area contributed by atoms with Gasteiger partial charge in [-0.15, -0.1) is 0 Å². The number of hydrogen-bond acceptors (Lipinski definition) is 3. The van der Waals surface area contributed by atoms with Crippen LogP contribution in [0.5, 0.6) is 0 Å². The first-order chi connectivity index (χ1) is 16.0. The van der Waals surface area contributed by atoms with Gasteiger partial charge in [0, 0.05) is 16.4 Å². The molecular weight excluding hydrogens is 506 g/mol. The molecule has 0 spiro atoms. The summed E-state index contributed by atoms with van der Waals surface area (Å²) in [5, 5.41) is 10.4. The Hall–Kier alpha value is -2.83. The van der Waals surface area contributed by atoms with Gasteiger partial charge < -0.3 is 9.84 Å². The molecule has 168 valence electrons. The van der Waals surface area contributed by atoms with E-state index in [-0.39, 0.29) is 18.6 Å². The molecule has 0 bridgehead atoms. The van der Waals surface area contributed by atoms with Crippen molar-refractivity contribution in [1.82, 2.24) is 4.90 Å². The quantitative estimate of drug-likeness (QED) is 0.391. The van der Waals surface area contributed by atoms with Gasteiger partial charge in [-0.25, -0.2) is 9.59 Å². The van der Waals surface area contributed by atoms with Crippen molar-refractivity contribution < 1.29 is 19.4 Å². The lowest BCUT2D eigenvalue weighted by molar-refractivity contribution is -0.143. The summed E-state index contributed by atoms with van der Waals surface area (Å²) >= 11 is 9.54. The van der Waals surface area contributed by atoms with Crippen LogP contribution in [-0.2, 0) is 9.53 Å². The van der Waals surface area contributed by atoms with E-state index in [0.717, 1.165) is 35.1 Å². The SMILES string of the molecule is O=C(O)C(c1ccc(Br)c(Cl)c1)N(C(=O)OCC1c2ccccc2-c2ccccc21)C1CC1. The molecule has 2 aliphatic carbocycles. The molecule has 0 radical (unpaired) electrons. The van der Waals surface area contributed by atoms with Crippen molar-refractivity contribution in [3.8, 4) is 11.1 Å². The number of carbonyl (C=O) groups excluding carboxylic acids is 1. The fourth-order valence-corrected chi connectivity index (χ4v) is 5.03. The van der Waals surface area contributed by atoms with Crippen molar-refractivity contribution in [2.24, 2.45) is 0 Å². The monoisotopic (exact) mass is 525 g/mol. The molecular formula is C26H21BrClNO4. The minimum atomic E-state index is -1.17. The van der Waals surface area contributed by atoms with E-state index < -0.39 is 18.1 Å². The zero-order valence-electron chi connectivity index (χ0n) is 17.6. The number of aliphatic carboxylic acids is 1. The Morgan fingerprint density at radius 2 is 1.64 bits per heavy atom. The van der Waals surface area contributed by atoms with Crippen LogP contribution in [0.2, 0.25) is 5.02 Å². The van der Waals surface area contributed by atoms with Gasteiger partial charge >= 0.3 is 12.1 Å². The van der Waals surface area contributed by atoms with Crippen LogP contribution in [0.4, 0.5) is 4.79 Å². The predicted molar refractivity (Wildman–Crippen MR) is 129 cm³/mol. The molecule has 3 aromatic rings. The average molecular weight is 527 g/mol. The summed E-state index contributed by atoms with van der Waals surface area (Å²) in [6.07, 6.45) is 0.877. The summed E-state index contributed by atoms with van der Waals surface area (Å²) in [4.78, 5) is 26.9. The van der Waals surface area contributed by atoms with Crippen LogP contribution in [0.1, 0.15) is 41.5 Å². The molecule has 7 heteroatoms. The number of halogens is 2. The Labute approximate surface area is 205 Å². The van der Waals surface area contributed by atoms with Gasteiger partial charge in [-0.05, 0) is 68.7 Å². The third-order valence-corrected chi connectivity index (χ3v) is 7.49. The van der Waals surface area contributed by atoms with Crippen molar-refractivity contribution in [3.63, 3.8) is 0 Å². The first-order valence-electron chi connectivity index (χ1n) is 10.8. The first-order valence-corrected chi connectivity index (χ1v) is 11.9. The van der Waals surface area contributed by atoms with E-state index in [1.165, 1.54) is 4.90 Å². The molecule has 1 saturated carbocycles. The predicted octanol–water partition coefficient (Wildman–Crippen LogP) is 6.64. The first kappa shape index (κ1) is 22.0. The highest BCUT2D eigenvalue weighted by Crippen LogP contribution is 2.45. The molecule has 3 aromatic carbocycles. The minimum absolute atomic E-state index is 0.0900. The van der Waals surface area contributed by atoms with Crippen molar-refractivity contribution in [3.05, 3.63) is 92.9 Å². The number of amides is 1. The van der Waals surface area contributed by atoms with Crippen molar-refractivity contribution in [1.29, 1.82) is 0 Å². The van der Waals surface area contributed by atoms with Crippen molar-refractivity contribution >= 4 is 39.6 Å². The van der Waals surface area contributed by atoms with Gasteiger partial charge in [0.15, 0.2) is 6.04 Å². The second-order valence-electron chi connectivity index (χ2n) is 8.36. The third kappa shape index (κ3) is 4.13. The molecule has 0 aliphatic heterocycles. The summed E-state index contributed by atoms with van der Waals surface area (Å²) in [5.74, 6) is -1.21. The molecule has 1 N–H and O–H groups in total. The van der Waals surface area contributed by atoms with Gasteiger partial charge in [0.05, 0.1) is 5.02 Å². The van der Waals surface area contributed by atoms with Crippen LogP contribution in [0.3, 0.4) is 0 Å². The normalized spacial score (nSPS) is 15.5. The summed E-state index contributed by atoms with van der Waals surface area (Å²) in [7, 11) is 0. The molecule has 33 heavy (non-hydrogen) atoms. The lowest BCUT2D eigenvalue weighted by Gasteiger charge is -2.29. The maximum absolute atomic E-state index is 13.3. The van der Waals surface area contributed by atoms with Gasteiger partial charge in [0.1, 0.15) is 6.61 Å². The smallest absolute Gasteiger partial charge is 0.411 e. The van der Waals surface area contributed by atoms with Crippen LogP contribution in [-0.4, -0.2) is 34.7 Å². The topological polar surface area (TPSA) is 66.8 Å². The molecule has 1 atom stereocenters. The van der Waals surface area contributed by atoms with Gasteiger partial charge in [-0.3, -0.25) is 4.90 Å².